The van der Waals surface area contributed by atoms with Crippen LogP contribution in [0.5, 0.6) is 0 Å². The predicted octanol–water partition coefficient (Wildman–Crippen LogP) is 2.34. The van der Waals surface area contributed by atoms with Gasteiger partial charge >= 0.3 is 0 Å². The van der Waals surface area contributed by atoms with Gasteiger partial charge in [-0.1, -0.05) is 13.0 Å². The molecular formula is C11H13FN2O. The largest absolute Gasteiger partial charge is 0.271 e. The van der Waals surface area contributed by atoms with Crippen molar-refractivity contribution in [3.05, 3.63) is 35.6 Å². The van der Waals surface area contributed by atoms with Gasteiger partial charge in [0.05, 0.1) is 0 Å². The Hall–Kier alpha value is -1.71. The number of halogens is 1. The molecule has 0 aliphatic carbocycles. The van der Waals surface area contributed by atoms with Gasteiger partial charge in [-0.2, -0.15) is 5.10 Å². The number of rotatable bonds is 3. The van der Waals surface area contributed by atoms with Crippen LogP contribution in [-0.4, -0.2) is 11.6 Å². The van der Waals surface area contributed by atoms with E-state index in [1.165, 1.54) is 24.3 Å². The van der Waals surface area contributed by atoms with Gasteiger partial charge in [-0.15, -0.1) is 0 Å². The average Bonchev–Trinajstić information content (AvgIpc) is 2.25. The summed E-state index contributed by atoms with van der Waals surface area (Å²) in [6, 6.07) is 5.49. The molecule has 1 N–H and O–H groups in total. The molecule has 3 nitrogen and oxygen atoms in total. The molecule has 0 spiro atoms. The van der Waals surface area contributed by atoms with Crippen LogP contribution < -0.4 is 5.43 Å². The summed E-state index contributed by atoms with van der Waals surface area (Å²) in [5.41, 5.74) is 3.44. The summed E-state index contributed by atoms with van der Waals surface area (Å²) in [5.74, 6) is -0.832. The molecule has 15 heavy (non-hydrogen) atoms. The number of nitrogens with zero attached hydrogens (tertiary/aromatic N) is 1. The van der Waals surface area contributed by atoms with Gasteiger partial charge in [0, 0.05) is 11.3 Å². The minimum Gasteiger partial charge on any atom is -0.267 e. The van der Waals surface area contributed by atoms with Crippen LogP contribution in [0.2, 0.25) is 0 Å². The molecule has 1 aromatic carbocycles. The van der Waals surface area contributed by atoms with Gasteiger partial charge in [0.1, 0.15) is 5.82 Å². The van der Waals surface area contributed by atoms with Crippen molar-refractivity contribution < 1.29 is 9.18 Å². The highest BCUT2D eigenvalue weighted by atomic mass is 19.1. The first-order valence-corrected chi connectivity index (χ1v) is 4.72. The minimum absolute atomic E-state index is 0.266. The van der Waals surface area contributed by atoms with Gasteiger partial charge in [-0.25, -0.2) is 9.82 Å². The summed E-state index contributed by atoms with van der Waals surface area (Å²) in [7, 11) is 0. The van der Waals surface area contributed by atoms with Gasteiger partial charge < -0.3 is 0 Å². The Balaban J connectivity index is 2.70. The quantitative estimate of drug-likeness (QED) is 0.601. The van der Waals surface area contributed by atoms with Crippen LogP contribution in [-0.2, 0) is 0 Å². The normalized spacial score (nSPS) is 11.3. The first-order valence-electron chi connectivity index (χ1n) is 4.72. The van der Waals surface area contributed by atoms with E-state index in [9.17, 15) is 9.18 Å². The second-order valence-electron chi connectivity index (χ2n) is 3.15. The van der Waals surface area contributed by atoms with Crippen molar-refractivity contribution in [2.75, 3.05) is 0 Å². The molecule has 0 fully saturated rings. The molecule has 1 rings (SSSR count). The van der Waals surface area contributed by atoms with Crippen molar-refractivity contribution in [1.29, 1.82) is 0 Å². The molecule has 0 aromatic heterocycles. The maximum atomic E-state index is 12.8. The molecule has 0 aliphatic rings. The molecule has 1 amide bonds. The molecule has 0 bridgehead atoms. The molecule has 0 unspecified atom stereocenters. The maximum absolute atomic E-state index is 12.8. The SMILES string of the molecule is CC/C(C)=N/NC(=O)c1cccc(F)c1. The number of hydrogen-bond donors (Lipinski definition) is 1. The zero-order valence-electron chi connectivity index (χ0n) is 8.75. The van der Waals surface area contributed by atoms with Crippen LogP contribution in [0.3, 0.4) is 0 Å². The second-order valence-corrected chi connectivity index (χ2v) is 3.15. The Morgan fingerprint density at radius 2 is 2.27 bits per heavy atom. The molecule has 0 heterocycles. The monoisotopic (exact) mass is 208 g/mol. The zero-order chi connectivity index (χ0) is 11.3. The lowest BCUT2D eigenvalue weighted by atomic mass is 10.2. The Kier molecular flexibility index (Phi) is 3.97. The molecule has 0 saturated carbocycles. The van der Waals surface area contributed by atoms with E-state index in [0.717, 1.165) is 12.1 Å². The van der Waals surface area contributed by atoms with Crippen LogP contribution in [0.4, 0.5) is 4.39 Å². The number of carbonyl (C=O) groups excluding carboxylic acids is 1. The van der Waals surface area contributed by atoms with E-state index in [0.29, 0.717) is 0 Å². The summed E-state index contributed by atoms with van der Waals surface area (Å²) in [6.45, 7) is 3.75. The molecule has 80 valence electrons. The molecular weight excluding hydrogens is 195 g/mol. The third-order valence-electron chi connectivity index (χ3n) is 1.95. The first kappa shape index (κ1) is 11.4. The third-order valence-corrected chi connectivity index (χ3v) is 1.95. The lowest BCUT2D eigenvalue weighted by Gasteiger charge is -2.00. The van der Waals surface area contributed by atoms with Gasteiger partial charge in [-0.3, -0.25) is 4.79 Å². The predicted molar refractivity (Wildman–Crippen MR) is 57.3 cm³/mol. The van der Waals surface area contributed by atoms with E-state index in [1.807, 2.05) is 13.8 Å². The van der Waals surface area contributed by atoms with Gasteiger partial charge in [0.25, 0.3) is 5.91 Å². The first-order chi connectivity index (χ1) is 7.13. The molecule has 4 heteroatoms. The fraction of sp³-hybridized carbons (Fsp3) is 0.273. The Morgan fingerprint density at radius 3 is 2.87 bits per heavy atom. The van der Waals surface area contributed by atoms with E-state index in [1.54, 1.807) is 0 Å². The van der Waals surface area contributed by atoms with E-state index < -0.39 is 11.7 Å². The highest BCUT2D eigenvalue weighted by Gasteiger charge is 2.04. The summed E-state index contributed by atoms with van der Waals surface area (Å²) >= 11 is 0. The lowest BCUT2D eigenvalue weighted by Crippen LogP contribution is -2.18. The van der Waals surface area contributed by atoms with Crippen LogP contribution in [0.15, 0.2) is 29.4 Å². The number of amides is 1. The van der Waals surface area contributed by atoms with Gasteiger partial charge in [-0.05, 0) is 31.5 Å². The Bertz CT molecular complexity index is 388. The maximum Gasteiger partial charge on any atom is 0.271 e. The van der Waals surface area contributed by atoms with Gasteiger partial charge in [0.15, 0.2) is 0 Å². The lowest BCUT2D eigenvalue weighted by molar-refractivity contribution is 0.0954. The van der Waals surface area contributed by atoms with Crippen molar-refractivity contribution in [2.24, 2.45) is 5.10 Å². The molecule has 0 aliphatic heterocycles. The van der Waals surface area contributed by atoms with Crippen molar-refractivity contribution in [3.63, 3.8) is 0 Å². The molecule has 0 saturated heterocycles. The third kappa shape index (κ3) is 3.50. The van der Waals surface area contributed by atoms with Crippen LogP contribution in [0.1, 0.15) is 30.6 Å². The number of benzene rings is 1. The van der Waals surface area contributed by atoms with E-state index in [2.05, 4.69) is 10.5 Å². The fourth-order valence-corrected chi connectivity index (χ4v) is 0.920. The highest BCUT2D eigenvalue weighted by molar-refractivity contribution is 5.95. The smallest absolute Gasteiger partial charge is 0.267 e. The Morgan fingerprint density at radius 1 is 1.53 bits per heavy atom. The van der Waals surface area contributed by atoms with E-state index in [-0.39, 0.29) is 5.56 Å². The van der Waals surface area contributed by atoms with Gasteiger partial charge in [0.2, 0.25) is 0 Å². The fourth-order valence-electron chi connectivity index (χ4n) is 0.920. The highest BCUT2D eigenvalue weighted by Crippen LogP contribution is 2.02. The number of carbonyl (C=O) groups is 1. The van der Waals surface area contributed by atoms with Crippen LogP contribution in [0.25, 0.3) is 0 Å². The molecule has 1 aromatic rings. The minimum atomic E-state index is -0.432. The average molecular weight is 208 g/mol. The topological polar surface area (TPSA) is 41.5 Å². The summed E-state index contributed by atoms with van der Waals surface area (Å²) in [4.78, 5) is 11.4. The van der Waals surface area contributed by atoms with Crippen molar-refractivity contribution >= 4 is 11.6 Å². The summed E-state index contributed by atoms with van der Waals surface area (Å²) in [6.07, 6.45) is 0.767. The van der Waals surface area contributed by atoms with Crippen molar-refractivity contribution in [2.45, 2.75) is 20.3 Å². The van der Waals surface area contributed by atoms with E-state index in [4.69, 9.17) is 0 Å². The zero-order valence-corrected chi connectivity index (χ0v) is 8.75. The van der Waals surface area contributed by atoms with Crippen LogP contribution in [0, 0.1) is 5.82 Å². The number of nitrogens with one attached hydrogen (secondary N) is 1. The number of hydrazone groups is 1. The molecule has 0 atom stereocenters. The van der Waals surface area contributed by atoms with Crippen molar-refractivity contribution in [3.8, 4) is 0 Å². The Labute approximate surface area is 88.0 Å². The number of hydrogen-bond acceptors (Lipinski definition) is 2. The van der Waals surface area contributed by atoms with Crippen LogP contribution >= 0.6 is 0 Å². The summed E-state index contributed by atoms with van der Waals surface area (Å²) < 4.78 is 12.8. The standard InChI is InChI=1S/C11H13FN2O/c1-3-8(2)13-14-11(15)9-5-4-6-10(12)7-9/h4-7H,3H2,1-2H3,(H,14,15)/b13-8+. The summed E-state index contributed by atoms with van der Waals surface area (Å²) in [5, 5.41) is 3.84. The van der Waals surface area contributed by atoms with E-state index >= 15 is 0 Å². The van der Waals surface area contributed by atoms with Crippen molar-refractivity contribution in [1.82, 2.24) is 5.43 Å². The molecule has 0 radical (unpaired) electrons. The second kappa shape index (κ2) is 5.24.